The van der Waals surface area contributed by atoms with E-state index >= 15 is 0 Å². The number of amides is 1. The third kappa shape index (κ3) is 7.13. The summed E-state index contributed by atoms with van der Waals surface area (Å²) in [6.07, 6.45) is 1.40. The zero-order valence-electron chi connectivity index (χ0n) is 16.5. The van der Waals surface area contributed by atoms with Crippen LogP contribution < -0.4 is 10.6 Å². The van der Waals surface area contributed by atoms with Crippen LogP contribution in [0.5, 0.6) is 0 Å². The van der Waals surface area contributed by atoms with Crippen LogP contribution >= 0.6 is 0 Å². The number of carbonyl (C=O) groups is 1. The van der Waals surface area contributed by atoms with Gasteiger partial charge in [-0.05, 0) is 17.5 Å². The minimum absolute atomic E-state index is 0.101. The van der Waals surface area contributed by atoms with Crippen molar-refractivity contribution in [3.05, 3.63) is 71.8 Å². The van der Waals surface area contributed by atoms with E-state index in [1.54, 1.807) is 26.0 Å². The van der Waals surface area contributed by atoms with E-state index < -0.39 is 0 Å². The topological polar surface area (TPSA) is 56.7 Å². The zero-order chi connectivity index (χ0) is 19.5. The van der Waals surface area contributed by atoms with E-state index in [4.69, 9.17) is 0 Å². The Morgan fingerprint density at radius 1 is 1.00 bits per heavy atom. The van der Waals surface area contributed by atoms with Crippen LogP contribution in [0.1, 0.15) is 23.5 Å². The van der Waals surface area contributed by atoms with E-state index in [1.165, 1.54) is 11.1 Å². The molecule has 2 rings (SSSR count). The van der Waals surface area contributed by atoms with Gasteiger partial charge in [0, 0.05) is 46.6 Å². The van der Waals surface area contributed by atoms with Crippen LogP contribution in [0.25, 0.3) is 0 Å². The Balaban J connectivity index is 1.95. The third-order valence-corrected chi connectivity index (χ3v) is 4.47. The summed E-state index contributed by atoms with van der Waals surface area (Å²) in [6.45, 7) is 1.32. The Kier molecular flexibility index (Phi) is 8.36. The Morgan fingerprint density at radius 2 is 1.63 bits per heavy atom. The standard InChI is InChI=1S/C22H30N4O/c1-23-22(24-15-14-21(27)26(2)3)25-17-20(19-12-8-5-9-13-19)16-18-10-6-4-7-11-18/h4-13,20H,14-17H2,1-3H3,(H2,23,24,25). The molecule has 1 amide bonds. The van der Waals surface area contributed by atoms with Gasteiger partial charge in [-0.1, -0.05) is 60.7 Å². The van der Waals surface area contributed by atoms with Crippen molar-refractivity contribution < 1.29 is 4.79 Å². The number of nitrogens with one attached hydrogen (secondary N) is 2. The number of benzene rings is 2. The zero-order valence-corrected chi connectivity index (χ0v) is 16.5. The van der Waals surface area contributed by atoms with Crippen LogP contribution in [-0.4, -0.2) is 51.0 Å². The molecule has 0 spiro atoms. The first-order valence-corrected chi connectivity index (χ1v) is 9.33. The maximum atomic E-state index is 11.7. The number of carbonyl (C=O) groups excluding carboxylic acids is 1. The molecule has 1 unspecified atom stereocenters. The molecule has 2 aromatic rings. The van der Waals surface area contributed by atoms with Crippen molar-refractivity contribution >= 4 is 11.9 Å². The van der Waals surface area contributed by atoms with Gasteiger partial charge in [-0.3, -0.25) is 9.79 Å². The number of rotatable bonds is 8. The van der Waals surface area contributed by atoms with Crippen LogP contribution in [0.3, 0.4) is 0 Å². The summed E-state index contributed by atoms with van der Waals surface area (Å²) in [6, 6.07) is 21.0. The van der Waals surface area contributed by atoms with E-state index in [0.29, 0.717) is 18.9 Å². The average molecular weight is 367 g/mol. The Morgan fingerprint density at radius 3 is 2.22 bits per heavy atom. The summed E-state index contributed by atoms with van der Waals surface area (Å²) in [4.78, 5) is 17.6. The van der Waals surface area contributed by atoms with Gasteiger partial charge in [0.1, 0.15) is 0 Å². The maximum Gasteiger partial charge on any atom is 0.223 e. The molecule has 0 bridgehead atoms. The van der Waals surface area contributed by atoms with Gasteiger partial charge in [-0.25, -0.2) is 0 Å². The maximum absolute atomic E-state index is 11.7. The van der Waals surface area contributed by atoms with E-state index in [0.717, 1.165) is 18.9 Å². The van der Waals surface area contributed by atoms with Gasteiger partial charge < -0.3 is 15.5 Å². The quantitative estimate of drug-likeness (QED) is 0.558. The second kappa shape index (κ2) is 11.0. The number of hydrogen-bond donors (Lipinski definition) is 2. The van der Waals surface area contributed by atoms with Crippen LogP contribution in [0.2, 0.25) is 0 Å². The Bertz CT molecular complexity index is 714. The van der Waals surface area contributed by atoms with Crippen molar-refractivity contribution in [3.8, 4) is 0 Å². The summed E-state index contributed by atoms with van der Waals surface area (Å²) in [7, 11) is 5.28. The molecule has 1 atom stereocenters. The summed E-state index contributed by atoms with van der Waals surface area (Å²) < 4.78 is 0. The molecule has 0 saturated carbocycles. The average Bonchev–Trinajstić information content (AvgIpc) is 2.70. The second-order valence-corrected chi connectivity index (χ2v) is 6.72. The van der Waals surface area contributed by atoms with Crippen molar-refractivity contribution in [1.82, 2.24) is 15.5 Å². The highest BCUT2D eigenvalue weighted by atomic mass is 16.2. The number of aliphatic imine (C=N–C) groups is 1. The molecule has 0 aliphatic rings. The minimum atomic E-state index is 0.101. The van der Waals surface area contributed by atoms with Crippen molar-refractivity contribution in [2.24, 2.45) is 4.99 Å². The molecule has 5 nitrogen and oxygen atoms in total. The van der Waals surface area contributed by atoms with Gasteiger partial charge in [0.2, 0.25) is 5.91 Å². The van der Waals surface area contributed by atoms with Gasteiger partial charge >= 0.3 is 0 Å². The Hall–Kier alpha value is -2.82. The molecule has 0 aliphatic heterocycles. The van der Waals surface area contributed by atoms with Gasteiger partial charge in [0.25, 0.3) is 0 Å². The van der Waals surface area contributed by atoms with Gasteiger partial charge in [0.15, 0.2) is 5.96 Å². The van der Waals surface area contributed by atoms with Gasteiger partial charge in [-0.15, -0.1) is 0 Å². The summed E-state index contributed by atoms with van der Waals surface area (Å²) in [5, 5.41) is 6.62. The summed E-state index contributed by atoms with van der Waals surface area (Å²) in [5.41, 5.74) is 2.61. The molecule has 0 radical (unpaired) electrons. The molecule has 0 saturated heterocycles. The SMILES string of the molecule is CN=C(NCCC(=O)N(C)C)NCC(Cc1ccccc1)c1ccccc1. The van der Waals surface area contributed by atoms with Crippen molar-refractivity contribution in [3.63, 3.8) is 0 Å². The molecule has 0 aromatic heterocycles. The molecule has 2 N–H and O–H groups in total. The summed E-state index contributed by atoms with van der Waals surface area (Å²) >= 11 is 0. The lowest BCUT2D eigenvalue weighted by molar-refractivity contribution is -0.128. The summed E-state index contributed by atoms with van der Waals surface area (Å²) in [5.74, 6) is 1.15. The second-order valence-electron chi connectivity index (χ2n) is 6.72. The van der Waals surface area contributed by atoms with E-state index in [9.17, 15) is 4.79 Å². The van der Waals surface area contributed by atoms with E-state index in [2.05, 4.69) is 64.2 Å². The predicted octanol–water partition coefficient (Wildman–Crippen LogP) is 2.66. The smallest absolute Gasteiger partial charge is 0.223 e. The Labute approximate surface area is 162 Å². The van der Waals surface area contributed by atoms with Crippen molar-refractivity contribution in [1.29, 1.82) is 0 Å². The van der Waals surface area contributed by atoms with Crippen LogP contribution in [0.15, 0.2) is 65.7 Å². The largest absolute Gasteiger partial charge is 0.356 e. The predicted molar refractivity (Wildman–Crippen MR) is 112 cm³/mol. The van der Waals surface area contributed by atoms with E-state index in [1.807, 2.05) is 12.1 Å². The van der Waals surface area contributed by atoms with Crippen molar-refractivity contribution in [2.45, 2.75) is 18.8 Å². The highest BCUT2D eigenvalue weighted by Gasteiger charge is 2.13. The minimum Gasteiger partial charge on any atom is -0.356 e. The molecule has 5 heteroatoms. The lowest BCUT2D eigenvalue weighted by atomic mass is 9.92. The fourth-order valence-electron chi connectivity index (χ4n) is 2.88. The molecular formula is C22H30N4O. The highest BCUT2D eigenvalue weighted by molar-refractivity contribution is 5.81. The fourth-order valence-corrected chi connectivity index (χ4v) is 2.88. The van der Waals surface area contributed by atoms with Gasteiger partial charge in [0.05, 0.1) is 0 Å². The molecular weight excluding hydrogens is 336 g/mol. The molecule has 2 aromatic carbocycles. The highest BCUT2D eigenvalue weighted by Crippen LogP contribution is 2.20. The van der Waals surface area contributed by atoms with Crippen LogP contribution in [-0.2, 0) is 11.2 Å². The molecule has 0 fully saturated rings. The normalized spacial score (nSPS) is 12.3. The lowest BCUT2D eigenvalue weighted by Crippen LogP contribution is -2.41. The molecule has 0 heterocycles. The molecule has 27 heavy (non-hydrogen) atoms. The fraction of sp³-hybridized carbons (Fsp3) is 0.364. The van der Waals surface area contributed by atoms with Crippen LogP contribution in [0.4, 0.5) is 0 Å². The number of hydrogen-bond acceptors (Lipinski definition) is 2. The third-order valence-electron chi connectivity index (χ3n) is 4.47. The number of guanidine groups is 1. The first-order chi connectivity index (χ1) is 13.1. The first kappa shape index (κ1) is 20.5. The van der Waals surface area contributed by atoms with Gasteiger partial charge in [-0.2, -0.15) is 0 Å². The molecule has 0 aliphatic carbocycles. The molecule has 144 valence electrons. The lowest BCUT2D eigenvalue weighted by Gasteiger charge is -2.20. The van der Waals surface area contributed by atoms with E-state index in [-0.39, 0.29) is 5.91 Å². The van der Waals surface area contributed by atoms with Crippen molar-refractivity contribution in [2.75, 3.05) is 34.2 Å². The first-order valence-electron chi connectivity index (χ1n) is 9.33. The monoisotopic (exact) mass is 366 g/mol. The number of nitrogens with zero attached hydrogens (tertiary/aromatic N) is 2. The van der Waals surface area contributed by atoms with Crippen LogP contribution in [0, 0.1) is 0 Å².